The Morgan fingerprint density at radius 2 is 1.78 bits per heavy atom. The molecule has 0 aliphatic heterocycles. The van der Waals surface area contributed by atoms with Gasteiger partial charge in [0.15, 0.2) is 0 Å². The fraction of sp³-hybridized carbons (Fsp3) is 0.429. The molecule has 0 fully saturated rings. The maximum absolute atomic E-state index is 6.08. The van der Waals surface area contributed by atoms with Crippen LogP contribution in [-0.4, -0.2) is 8.32 Å². The fourth-order valence-electron chi connectivity index (χ4n) is 1.63. The monoisotopic (exact) mass is 285 g/mol. The van der Waals surface area contributed by atoms with Crippen molar-refractivity contribution >= 4 is 20.7 Å². The SMILES string of the molecule is C=C(C)C[C@H](N)c1ccc(O[Si](C)(C)C)cc1.Cl. The van der Waals surface area contributed by atoms with Crippen molar-refractivity contribution in [2.75, 3.05) is 0 Å². The van der Waals surface area contributed by atoms with E-state index in [2.05, 4.69) is 26.2 Å². The predicted octanol–water partition coefficient (Wildman–Crippen LogP) is 4.29. The summed E-state index contributed by atoms with van der Waals surface area (Å²) in [6.07, 6.45) is 0.828. The number of benzene rings is 1. The maximum atomic E-state index is 6.08. The molecule has 2 N–H and O–H groups in total. The van der Waals surface area contributed by atoms with Crippen molar-refractivity contribution in [3.8, 4) is 5.75 Å². The second kappa shape index (κ2) is 6.97. The summed E-state index contributed by atoms with van der Waals surface area (Å²) in [5, 5.41) is 0. The van der Waals surface area contributed by atoms with Crippen molar-refractivity contribution in [1.82, 2.24) is 0 Å². The van der Waals surface area contributed by atoms with E-state index in [1.54, 1.807) is 0 Å². The largest absolute Gasteiger partial charge is 0.544 e. The molecule has 1 aromatic carbocycles. The third kappa shape index (κ3) is 6.24. The van der Waals surface area contributed by atoms with Crippen LogP contribution in [0.2, 0.25) is 19.6 Å². The highest BCUT2D eigenvalue weighted by Gasteiger charge is 2.16. The number of hydrogen-bond donors (Lipinski definition) is 1. The van der Waals surface area contributed by atoms with Gasteiger partial charge >= 0.3 is 0 Å². The number of halogens is 1. The van der Waals surface area contributed by atoms with Gasteiger partial charge in [0.25, 0.3) is 0 Å². The highest BCUT2D eigenvalue weighted by molar-refractivity contribution is 6.70. The van der Waals surface area contributed by atoms with E-state index >= 15 is 0 Å². The lowest BCUT2D eigenvalue weighted by molar-refractivity contribution is 0.557. The van der Waals surface area contributed by atoms with Crippen molar-refractivity contribution in [1.29, 1.82) is 0 Å². The van der Waals surface area contributed by atoms with Crippen LogP contribution in [0.3, 0.4) is 0 Å². The average molecular weight is 286 g/mol. The third-order valence-corrected chi connectivity index (χ3v) is 3.15. The summed E-state index contributed by atoms with van der Waals surface area (Å²) in [7, 11) is -1.51. The van der Waals surface area contributed by atoms with Crippen LogP contribution in [0, 0.1) is 0 Å². The van der Waals surface area contributed by atoms with Gasteiger partial charge in [0.2, 0.25) is 8.32 Å². The molecule has 0 radical (unpaired) electrons. The molecule has 0 spiro atoms. The van der Waals surface area contributed by atoms with Gasteiger partial charge in [0, 0.05) is 6.04 Å². The Kier molecular flexibility index (Phi) is 6.67. The van der Waals surface area contributed by atoms with E-state index in [-0.39, 0.29) is 18.4 Å². The molecule has 0 amide bonds. The molecule has 0 aromatic heterocycles. The molecule has 1 atom stereocenters. The molecule has 1 aromatic rings. The van der Waals surface area contributed by atoms with Crippen molar-refractivity contribution in [2.24, 2.45) is 5.73 Å². The van der Waals surface area contributed by atoms with Crippen molar-refractivity contribution in [3.63, 3.8) is 0 Å². The van der Waals surface area contributed by atoms with Crippen LogP contribution in [0.25, 0.3) is 0 Å². The molecule has 0 saturated heterocycles. The number of nitrogens with two attached hydrogens (primary N) is 1. The van der Waals surface area contributed by atoms with Crippen molar-refractivity contribution in [2.45, 2.75) is 39.0 Å². The Bertz CT molecular complexity index is 384. The van der Waals surface area contributed by atoms with Gasteiger partial charge in [-0.2, -0.15) is 0 Å². The first kappa shape index (κ1) is 17.2. The zero-order valence-corrected chi connectivity index (χ0v) is 13.5. The smallest absolute Gasteiger partial charge is 0.242 e. The maximum Gasteiger partial charge on any atom is 0.242 e. The first-order valence-corrected chi connectivity index (χ1v) is 9.38. The van der Waals surface area contributed by atoms with Crippen LogP contribution in [0.15, 0.2) is 36.4 Å². The molecule has 0 saturated carbocycles. The molecule has 0 aliphatic rings. The van der Waals surface area contributed by atoms with Crippen LogP contribution >= 0.6 is 12.4 Å². The van der Waals surface area contributed by atoms with Gasteiger partial charge < -0.3 is 10.2 Å². The van der Waals surface area contributed by atoms with E-state index < -0.39 is 8.32 Å². The van der Waals surface area contributed by atoms with E-state index in [1.807, 2.05) is 31.2 Å². The van der Waals surface area contributed by atoms with Crippen LogP contribution < -0.4 is 10.2 Å². The molecule has 0 unspecified atom stereocenters. The molecule has 18 heavy (non-hydrogen) atoms. The molecule has 4 heteroatoms. The van der Waals surface area contributed by atoms with Crippen molar-refractivity contribution < 1.29 is 4.43 Å². The second-order valence-electron chi connectivity index (χ2n) is 5.55. The Labute approximate surface area is 118 Å². The van der Waals surface area contributed by atoms with Gasteiger partial charge in [-0.05, 0) is 50.7 Å². The topological polar surface area (TPSA) is 35.2 Å². The number of hydrogen-bond acceptors (Lipinski definition) is 2. The lowest BCUT2D eigenvalue weighted by Gasteiger charge is -2.20. The lowest BCUT2D eigenvalue weighted by atomic mass is 10.0. The first-order valence-electron chi connectivity index (χ1n) is 5.97. The van der Waals surface area contributed by atoms with Crippen LogP contribution in [0.5, 0.6) is 5.75 Å². The van der Waals surface area contributed by atoms with E-state index in [1.165, 1.54) is 0 Å². The Morgan fingerprint density at radius 3 is 2.17 bits per heavy atom. The van der Waals surface area contributed by atoms with E-state index in [0.29, 0.717) is 0 Å². The highest BCUT2D eigenvalue weighted by atomic mass is 35.5. The highest BCUT2D eigenvalue weighted by Crippen LogP contribution is 2.22. The van der Waals surface area contributed by atoms with Crippen LogP contribution in [0.1, 0.15) is 24.9 Å². The average Bonchev–Trinajstić information content (AvgIpc) is 2.15. The zero-order chi connectivity index (χ0) is 13.1. The molecular weight excluding hydrogens is 262 g/mol. The van der Waals surface area contributed by atoms with Gasteiger partial charge in [0.05, 0.1) is 0 Å². The first-order chi connectivity index (χ1) is 7.78. The van der Waals surface area contributed by atoms with Gasteiger partial charge in [-0.1, -0.05) is 17.7 Å². The molecule has 0 heterocycles. The van der Waals surface area contributed by atoms with Crippen LogP contribution in [0.4, 0.5) is 0 Å². The fourth-order valence-corrected chi connectivity index (χ4v) is 2.47. The summed E-state index contributed by atoms with van der Waals surface area (Å²) < 4.78 is 5.90. The lowest BCUT2D eigenvalue weighted by Crippen LogP contribution is -2.29. The minimum Gasteiger partial charge on any atom is -0.544 e. The summed E-state index contributed by atoms with van der Waals surface area (Å²) in [5.41, 5.74) is 8.33. The minimum absolute atomic E-state index is 0. The molecule has 0 aliphatic carbocycles. The Morgan fingerprint density at radius 1 is 1.28 bits per heavy atom. The quantitative estimate of drug-likeness (QED) is 0.647. The minimum atomic E-state index is -1.51. The van der Waals surface area contributed by atoms with E-state index in [4.69, 9.17) is 10.2 Å². The van der Waals surface area contributed by atoms with Gasteiger partial charge in [-0.15, -0.1) is 19.0 Å². The van der Waals surface area contributed by atoms with Crippen molar-refractivity contribution in [3.05, 3.63) is 42.0 Å². The molecule has 102 valence electrons. The second-order valence-corrected chi connectivity index (χ2v) is 9.98. The zero-order valence-electron chi connectivity index (χ0n) is 11.7. The summed E-state index contributed by atoms with van der Waals surface area (Å²) in [4.78, 5) is 0. The molecular formula is C14H24ClNOSi. The van der Waals surface area contributed by atoms with Gasteiger partial charge in [-0.3, -0.25) is 0 Å². The van der Waals surface area contributed by atoms with E-state index in [9.17, 15) is 0 Å². The summed E-state index contributed by atoms with van der Waals surface area (Å²) in [5.74, 6) is 0.940. The van der Waals surface area contributed by atoms with Gasteiger partial charge in [0.1, 0.15) is 5.75 Å². The standard InChI is InChI=1S/C14H23NOSi.ClH/c1-11(2)10-14(15)12-6-8-13(9-7-12)16-17(3,4)5;/h6-9,14H,1,10,15H2,2-5H3;1H/t14-;/m0./s1. The van der Waals surface area contributed by atoms with Gasteiger partial charge in [-0.25, -0.2) is 0 Å². The molecule has 2 nitrogen and oxygen atoms in total. The molecule has 1 rings (SSSR count). The normalized spacial score (nSPS) is 12.5. The third-order valence-electron chi connectivity index (χ3n) is 2.30. The Balaban J connectivity index is 0.00000289. The predicted molar refractivity (Wildman–Crippen MR) is 84.0 cm³/mol. The summed E-state index contributed by atoms with van der Waals surface area (Å²) in [6, 6.07) is 8.14. The Hall–Kier alpha value is -0.773. The summed E-state index contributed by atoms with van der Waals surface area (Å²) >= 11 is 0. The summed E-state index contributed by atoms with van der Waals surface area (Å²) in [6.45, 7) is 12.4. The molecule has 0 bridgehead atoms. The van der Waals surface area contributed by atoms with Crippen LogP contribution in [-0.2, 0) is 0 Å². The van der Waals surface area contributed by atoms with E-state index in [0.717, 1.165) is 23.3 Å². The number of rotatable bonds is 5.